The van der Waals surface area contributed by atoms with E-state index in [1.807, 2.05) is 6.20 Å². The van der Waals surface area contributed by atoms with Crippen LogP contribution in [0.3, 0.4) is 0 Å². The van der Waals surface area contributed by atoms with Gasteiger partial charge in [-0.25, -0.2) is 4.98 Å². The predicted molar refractivity (Wildman–Crippen MR) is 115 cm³/mol. The zero-order chi connectivity index (χ0) is 19.3. The average Bonchev–Trinajstić information content (AvgIpc) is 3.05. The van der Waals surface area contributed by atoms with Gasteiger partial charge in [-0.05, 0) is 49.9 Å². The molecule has 3 heteroatoms. The highest BCUT2D eigenvalue weighted by Crippen LogP contribution is 2.40. The molecule has 0 aromatic carbocycles. The molecule has 3 rings (SSSR count). The molecule has 0 aliphatic heterocycles. The van der Waals surface area contributed by atoms with Crippen LogP contribution in [0, 0.1) is 11.3 Å². The number of nitrogen functional groups attached to an aromatic ring is 1. The van der Waals surface area contributed by atoms with Crippen molar-refractivity contribution in [3.8, 4) is 0 Å². The van der Waals surface area contributed by atoms with Gasteiger partial charge in [-0.15, -0.1) is 0 Å². The van der Waals surface area contributed by atoms with Gasteiger partial charge in [0.25, 0.3) is 0 Å². The molecule has 3 nitrogen and oxygen atoms in total. The van der Waals surface area contributed by atoms with Crippen LogP contribution >= 0.6 is 0 Å². The molecule has 0 radical (unpaired) electrons. The predicted octanol–water partition coefficient (Wildman–Crippen LogP) is 6.99. The molecule has 1 aromatic heterocycles. The molecule has 2 fully saturated rings. The topological polar surface area (TPSA) is 51.8 Å². The van der Waals surface area contributed by atoms with Crippen LogP contribution in [0.25, 0.3) is 0 Å². The quantitative estimate of drug-likeness (QED) is 0.609. The Labute approximate surface area is 166 Å². The molecule has 2 N–H and O–H groups in total. The molecule has 1 heterocycles. The van der Waals surface area contributed by atoms with Crippen molar-refractivity contribution >= 4 is 5.82 Å². The molecule has 0 saturated heterocycles. The van der Waals surface area contributed by atoms with Gasteiger partial charge in [0.1, 0.15) is 5.82 Å². The molecule has 0 bridgehead atoms. The molecule has 2 unspecified atom stereocenters. The highest BCUT2D eigenvalue weighted by molar-refractivity contribution is 5.38. The Hall–Kier alpha value is -1.12. The minimum absolute atomic E-state index is 0.529. The number of anilines is 1. The van der Waals surface area contributed by atoms with Crippen LogP contribution < -0.4 is 5.73 Å². The summed E-state index contributed by atoms with van der Waals surface area (Å²) < 4.78 is 0. The Balaban J connectivity index is 1.68. The third-order valence-corrected chi connectivity index (χ3v) is 7.16. The summed E-state index contributed by atoms with van der Waals surface area (Å²) in [5, 5.41) is 0. The molecule has 2 atom stereocenters. The number of hydrogen-bond donors (Lipinski definition) is 1. The van der Waals surface area contributed by atoms with Crippen LogP contribution in [0.2, 0.25) is 0 Å². The van der Waals surface area contributed by atoms with Gasteiger partial charge in [0, 0.05) is 11.8 Å². The zero-order valence-electron chi connectivity index (χ0n) is 18.0. The first kappa shape index (κ1) is 20.6. The third kappa shape index (κ3) is 5.93. The van der Waals surface area contributed by atoms with E-state index in [1.165, 1.54) is 89.2 Å². The SMILES string of the molecule is CC1CCC(c2nc(C3CCCCCC(C)(C)CCCCC3)cnc2N)C1. The minimum atomic E-state index is 0.529. The van der Waals surface area contributed by atoms with E-state index in [1.54, 1.807) is 0 Å². The van der Waals surface area contributed by atoms with E-state index in [9.17, 15) is 0 Å². The standard InChI is InChI=1S/C24H41N3/c1-18-12-13-20(16-18)22-23(25)26-17-21(27-22)19-10-6-4-8-14-24(2,3)15-9-5-7-11-19/h17-20H,4-16H2,1-3H3,(H2,25,26). The molecular weight excluding hydrogens is 330 g/mol. The molecule has 2 saturated carbocycles. The summed E-state index contributed by atoms with van der Waals surface area (Å²) in [6.45, 7) is 7.26. The van der Waals surface area contributed by atoms with Gasteiger partial charge in [0.15, 0.2) is 0 Å². The van der Waals surface area contributed by atoms with Gasteiger partial charge in [0.05, 0.1) is 17.6 Å². The molecule has 0 spiro atoms. The van der Waals surface area contributed by atoms with Crippen molar-refractivity contribution in [1.29, 1.82) is 0 Å². The van der Waals surface area contributed by atoms with Gasteiger partial charge in [-0.3, -0.25) is 4.98 Å². The van der Waals surface area contributed by atoms with Crippen molar-refractivity contribution in [2.75, 3.05) is 5.73 Å². The van der Waals surface area contributed by atoms with E-state index >= 15 is 0 Å². The molecule has 0 amide bonds. The molecule has 27 heavy (non-hydrogen) atoms. The second-order valence-corrected chi connectivity index (χ2v) is 10.2. The van der Waals surface area contributed by atoms with Crippen LogP contribution in [0.4, 0.5) is 5.82 Å². The Morgan fingerprint density at radius 2 is 1.56 bits per heavy atom. The summed E-state index contributed by atoms with van der Waals surface area (Å²) >= 11 is 0. The van der Waals surface area contributed by atoms with E-state index in [-0.39, 0.29) is 0 Å². The highest BCUT2D eigenvalue weighted by atomic mass is 14.9. The lowest BCUT2D eigenvalue weighted by atomic mass is 9.80. The Bertz CT molecular complexity index is 579. The van der Waals surface area contributed by atoms with Gasteiger partial charge in [0.2, 0.25) is 0 Å². The Morgan fingerprint density at radius 3 is 2.15 bits per heavy atom. The lowest BCUT2D eigenvalue weighted by Crippen LogP contribution is -2.13. The molecular formula is C24H41N3. The first-order valence-corrected chi connectivity index (χ1v) is 11.6. The fraction of sp³-hybridized carbons (Fsp3) is 0.833. The largest absolute Gasteiger partial charge is 0.382 e. The first-order valence-electron chi connectivity index (χ1n) is 11.6. The number of rotatable bonds is 2. The van der Waals surface area contributed by atoms with Crippen molar-refractivity contribution in [2.24, 2.45) is 11.3 Å². The first-order chi connectivity index (χ1) is 12.9. The normalized spacial score (nSPS) is 28.4. The molecule has 2 aliphatic carbocycles. The van der Waals surface area contributed by atoms with Gasteiger partial charge >= 0.3 is 0 Å². The third-order valence-electron chi connectivity index (χ3n) is 7.16. The van der Waals surface area contributed by atoms with E-state index in [0.29, 0.717) is 23.1 Å². The van der Waals surface area contributed by atoms with Gasteiger partial charge < -0.3 is 5.73 Å². The smallest absolute Gasteiger partial charge is 0.145 e. The summed E-state index contributed by atoms with van der Waals surface area (Å²) in [5.41, 5.74) is 9.09. The lowest BCUT2D eigenvalue weighted by molar-refractivity contribution is 0.277. The van der Waals surface area contributed by atoms with E-state index in [4.69, 9.17) is 10.7 Å². The second kappa shape index (κ2) is 9.39. The van der Waals surface area contributed by atoms with Gasteiger partial charge in [-0.1, -0.05) is 65.7 Å². The van der Waals surface area contributed by atoms with Crippen LogP contribution in [0.5, 0.6) is 0 Å². The van der Waals surface area contributed by atoms with Crippen LogP contribution in [-0.2, 0) is 0 Å². The zero-order valence-corrected chi connectivity index (χ0v) is 18.0. The second-order valence-electron chi connectivity index (χ2n) is 10.2. The van der Waals surface area contributed by atoms with Crippen LogP contribution in [0.15, 0.2) is 6.20 Å². The maximum absolute atomic E-state index is 6.24. The fourth-order valence-corrected chi connectivity index (χ4v) is 5.29. The van der Waals surface area contributed by atoms with Crippen LogP contribution in [-0.4, -0.2) is 9.97 Å². The van der Waals surface area contributed by atoms with Crippen molar-refractivity contribution in [3.05, 3.63) is 17.6 Å². The number of nitrogens with zero attached hydrogens (tertiary/aromatic N) is 2. The lowest BCUT2D eigenvalue weighted by Gasteiger charge is -2.26. The van der Waals surface area contributed by atoms with Crippen molar-refractivity contribution in [2.45, 2.75) is 116 Å². The summed E-state index contributed by atoms with van der Waals surface area (Å²) in [4.78, 5) is 9.70. The van der Waals surface area contributed by atoms with Crippen molar-refractivity contribution in [3.63, 3.8) is 0 Å². The van der Waals surface area contributed by atoms with Crippen LogP contribution in [0.1, 0.15) is 127 Å². The van der Waals surface area contributed by atoms with E-state index in [2.05, 4.69) is 25.8 Å². The summed E-state index contributed by atoms with van der Waals surface area (Å²) in [6, 6.07) is 0. The Morgan fingerprint density at radius 1 is 0.889 bits per heavy atom. The molecule has 1 aromatic rings. The molecule has 152 valence electrons. The number of nitrogens with two attached hydrogens (primary N) is 1. The van der Waals surface area contributed by atoms with Crippen molar-refractivity contribution in [1.82, 2.24) is 9.97 Å². The van der Waals surface area contributed by atoms with E-state index < -0.39 is 0 Å². The summed E-state index contributed by atoms with van der Waals surface area (Å²) in [6.07, 6.45) is 19.1. The number of hydrogen-bond acceptors (Lipinski definition) is 3. The van der Waals surface area contributed by atoms with Crippen molar-refractivity contribution < 1.29 is 0 Å². The summed E-state index contributed by atoms with van der Waals surface area (Å²) in [5.74, 6) is 2.57. The maximum atomic E-state index is 6.24. The average molecular weight is 372 g/mol. The molecule has 2 aliphatic rings. The minimum Gasteiger partial charge on any atom is -0.382 e. The fourth-order valence-electron chi connectivity index (χ4n) is 5.29. The maximum Gasteiger partial charge on any atom is 0.145 e. The Kier molecular flexibility index (Phi) is 7.16. The monoisotopic (exact) mass is 371 g/mol. The highest BCUT2D eigenvalue weighted by Gasteiger charge is 2.27. The van der Waals surface area contributed by atoms with Gasteiger partial charge in [-0.2, -0.15) is 0 Å². The van der Waals surface area contributed by atoms with E-state index in [0.717, 1.165) is 11.6 Å². The number of aromatic nitrogens is 2. The summed E-state index contributed by atoms with van der Waals surface area (Å²) in [7, 11) is 0.